The van der Waals surface area contributed by atoms with Crippen molar-refractivity contribution in [2.24, 2.45) is 5.92 Å². The lowest BCUT2D eigenvalue weighted by atomic mass is 10.2. The highest BCUT2D eigenvalue weighted by Crippen LogP contribution is 2.11. The molecule has 0 saturated carbocycles. The van der Waals surface area contributed by atoms with Crippen LogP contribution in [0.25, 0.3) is 0 Å². The van der Waals surface area contributed by atoms with Crippen LogP contribution in [0.15, 0.2) is 24.3 Å². The van der Waals surface area contributed by atoms with Gasteiger partial charge in [-0.05, 0) is 17.7 Å². The van der Waals surface area contributed by atoms with Crippen LogP contribution >= 0.6 is 0 Å². The van der Waals surface area contributed by atoms with Gasteiger partial charge in [-0.25, -0.2) is 0 Å². The number of amides is 2. The third-order valence-electron chi connectivity index (χ3n) is 2.44. The molecule has 0 bridgehead atoms. The molecule has 6 heteroatoms. The van der Waals surface area contributed by atoms with Crippen LogP contribution in [0.4, 0.5) is 5.69 Å². The van der Waals surface area contributed by atoms with Gasteiger partial charge in [0.15, 0.2) is 0 Å². The smallest absolute Gasteiger partial charge is 0.308 e. The van der Waals surface area contributed by atoms with Crippen LogP contribution in [0.2, 0.25) is 0 Å². The number of hydrogen-bond acceptors (Lipinski definition) is 4. The molecular weight excluding hydrogens is 260 g/mol. The monoisotopic (exact) mass is 278 g/mol. The van der Waals surface area contributed by atoms with Gasteiger partial charge in [-0.2, -0.15) is 0 Å². The summed E-state index contributed by atoms with van der Waals surface area (Å²) < 4.78 is 5.09. The van der Waals surface area contributed by atoms with E-state index in [-0.39, 0.29) is 30.9 Å². The fourth-order valence-corrected chi connectivity index (χ4v) is 1.34. The van der Waals surface area contributed by atoms with Gasteiger partial charge in [-0.15, -0.1) is 0 Å². The van der Waals surface area contributed by atoms with Crippen LogP contribution in [-0.2, 0) is 25.7 Å². The minimum atomic E-state index is -0.309. The molecule has 20 heavy (non-hydrogen) atoms. The Bertz CT molecular complexity index is 469. The van der Waals surface area contributed by atoms with Gasteiger partial charge in [0.1, 0.15) is 6.61 Å². The Hall–Kier alpha value is -2.37. The zero-order valence-electron chi connectivity index (χ0n) is 11.5. The maximum absolute atomic E-state index is 11.3. The number of hydrogen-bond donors (Lipinski definition) is 2. The van der Waals surface area contributed by atoms with Crippen LogP contribution in [0.3, 0.4) is 0 Å². The molecule has 0 fully saturated rings. The zero-order valence-corrected chi connectivity index (χ0v) is 11.5. The van der Waals surface area contributed by atoms with E-state index < -0.39 is 0 Å². The number of benzene rings is 1. The van der Waals surface area contributed by atoms with Crippen molar-refractivity contribution >= 4 is 24.0 Å². The number of carbonyl (C=O) groups excluding carboxylic acids is 3. The summed E-state index contributed by atoms with van der Waals surface area (Å²) in [5, 5.41) is 4.89. The van der Waals surface area contributed by atoms with E-state index in [1.165, 1.54) is 0 Å². The Morgan fingerprint density at radius 1 is 1.25 bits per heavy atom. The van der Waals surface area contributed by atoms with Crippen LogP contribution in [0, 0.1) is 5.92 Å². The Morgan fingerprint density at radius 2 is 1.90 bits per heavy atom. The lowest BCUT2D eigenvalue weighted by molar-refractivity contribution is -0.148. The first-order chi connectivity index (χ1) is 9.52. The standard InChI is InChI=1S/C14H18N2O4/c1-10(2)14(19)20-8-11-3-5-12(6-4-11)16-13(18)7-15-9-17/h3-6,9-10H,7-8H2,1-2H3,(H,15,17)(H,16,18). The molecular formula is C14H18N2O4. The van der Waals surface area contributed by atoms with Crippen molar-refractivity contribution in [3.8, 4) is 0 Å². The number of anilines is 1. The van der Waals surface area contributed by atoms with Crippen molar-refractivity contribution in [2.75, 3.05) is 11.9 Å². The lowest BCUT2D eigenvalue weighted by Crippen LogP contribution is -2.26. The van der Waals surface area contributed by atoms with Crippen LogP contribution in [-0.4, -0.2) is 24.8 Å². The SMILES string of the molecule is CC(C)C(=O)OCc1ccc(NC(=O)CNC=O)cc1. The summed E-state index contributed by atoms with van der Waals surface area (Å²) in [5.41, 5.74) is 1.45. The molecule has 0 radical (unpaired) electrons. The van der Waals surface area contributed by atoms with Crippen molar-refractivity contribution in [1.82, 2.24) is 5.32 Å². The fourth-order valence-electron chi connectivity index (χ4n) is 1.34. The Morgan fingerprint density at radius 3 is 2.45 bits per heavy atom. The second kappa shape index (κ2) is 7.93. The van der Waals surface area contributed by atoms with Gasteiger partial charge >= 0.3 is 5.97 Å². The molecule has 0 heterocycles. The average Bonchev–Trinajstić information content (AvgIpc) is 2.43. The summed E-state index contributed by atoms with van der Waals surface area (Å²) in [6, 6.07) is 6.93. The molecule has 0 unspecified atom stereocenters. The van der Waals surface area contributed by atoms with Gasteiger partial charge in [-0.3, -0.25) is 14.4 Å². The first kappa shape index (κ1) is 15.7. The minimum Gasteiger partial charge on any atom is -0.461 e. The summed E-state index contributed by atoms with van der Waals surface area (Å²) in [6.45, 7) is 3.68. The maximum Gasteiger partial charge on any atom is 0.308 e. The first-order valence-corrected chi connectivity index (χ1v) is 6.25. The first-order valence-electron chi connectivity index (χ1n) is 6.25. The van der Waals surface area contributed by atoms with Gasteiger partial charge < -0.3 is 15.4 Å². The highest BCUT2D eigenvalue weighted by Gasteiger charge is 2.08. The van der Waals surface area contributed by atoms with E-state index in [1.807, 2.05) is 0 Å². The fraction of sp³-hybridized carbons (Fsp3) is 0.357. The van der Waals surface area contributed by atoms with Crippen molar-refractivity contribution in [1.29, 1.82) is 0 Å². The Labute approximate surface area is 117 Å². The number of esters is 1. The van der Waals surface area contributed by atoms with Crippen molar-refractivity contribution in [3.63, 3.8) is 0 Å². The summed E-state index contributed by atoms with van der Waals surface area (Å²) in [7, 11) is 0. The predicted molar refractivity (Wildman–Crippen MR) is 73.8 cm³/mol. The molecule has 0 aliphatic carbocycles. The topological polar surface area (TPSA) is 84.5 Å². The van der Waals surface area contributed by atoms with E-state index >= 15 is 0 Å². The molecule has 1 rings (SSSR count). The van der Waals surface area contributed by atoms with Crippen molar-refractivity contribution < 1.29 is 19.1 Å². The predicted octanol–water partition coefficient (Wildman–Crippen LogP) is 1.07. The number of rotatable bonds is 7. The summed E-state index contributed by atoms with van der Waals surface area (Å²) in [6.07, 6.45) is 0.464. The van der Waals surface area contributed by atoms with Crippen molar-refractivity contribution in [2.45, 2.75) is 20.5 Å². The summed E-state index contributed by atoms with van der Waals surface area (Å²) in [5.74, 6) is -0.711. The molecule has 0 atom stereocenters. The molecule has 0 aliphatic heterocycles. The van der Waals surface area contributed by atoms with Crippen LogP contribution in [0.5, 0.6) is 0 Å². The van der Waals surface area contributed by atoms with E-state index in [9.17, 15) is 14.4 Å². The highest BCUT2D eigenvalue weighted by atomic mass is 16.5. The quantitative estimate of drug-likeness (QED) is 0.577. The van der Waals surface area contributed by atoms with E-state index in [4.69, 9.17) is 4.74 Å². The normalized spacial score (nSPS) is 9.95. The zero-order chi connectivity index (χ0) is 15.0. The Balaban J connectivity index is 2.46. The van der Waals surface area contributed by atoms with Crippen LogP contribution < -0.4 is 10.6 Å². The lowest BCUT2D eigenvalue weighted by Gasteiger charge is -2.08. The van der Waals surface area contributed by atoms with E-state index in [0.717, 1.165) is 5.56 Å². The average molecular weight is 278 g/mol. The van der Waals surface area contributed by atoms with Gasteiger partial charge in [-0.1, -0.05) is 26.0 Å². The molecule has 108 valence electrons. The van der Waals surface area contributed by atoms with Gasteiger partial charge in [0.05, 0.1) is 12.5 Å². The van der Waals surface area contributed by atoms with Gasteiger partial charge in [0.2, 0.25) is 12.3 Å². The third-order valence-corrected chi connectivity index (χ3v) is 2.44. The number of nitrogens with one attached hydrogen (secondary N) is 2. The molecule has 2 amide bonds. The molecule has 0 aromatic heterocycles. The highest BCUT2D eigenvalue weighted by molar-refractivity contribution is 5.93. The molecule has 0 saturated heterocycles. The second-order valence-corrected chi connectivity index (χ2v) is 4.51. The van der Waals surface area contributed by atoms with Gasteiger partial charge in [0, 0.05) is 5.69 Å². The summed E-state index contributed by atoms with van der Waals surface area (Å²) in [4.78, 5) is 32.7. The van der Waals surface area contributed by atoms with Crippen molar-refractivity contribution in [3.05, 3.63) is 29.8 Å². The van der Waals surface area contributed by atoms with E-state index in [2.05, 4.69) is 10.6 Å². The second-order valence-electron chi connectivity index (χ2n) is 4.51. The summed E-state index contributed by atoms with van der Waals surface area (Å²) >= 11 is 0. The van der Waals surface area contributed by atoms with E-state index in [0.29, 0.717) is 12.1 Å². The van der Waals surface area contributed by atoms with Crippen LogP contribution in [0.1, 0.15) is 19.4 Å². The van der Waals surface area contributed by atoms with Gasteiger partial charge in [0.25, 0.3) is 0 Å². The number of carbonyl (C=O) groups is 3. The molecule has 0 aliphatic rings. The largest absolute Gasteiger partial charge is 0.461 e. The molecule has 6 nitrogen and oxygen atoms in total. The maximum atomic E-state index is 11.3. The number of ether oxygens (including phenoxy) is 1. The molecule has 1 aromatic carbocycles. The van der Waals surface area contributed by atoms with E-state index in [1.54, 1.807) is 38.1 Å². The molecule has 1 aromatic rings. The molecule has 0 spiro atoms. The third kappa shape index (κ3) is 5.51. The molecule has 2 N–H and O–H groups in total. The minimum absolute atomic E-state index is 0.0722. The Kier molecular flexibility index (Phi) is 6.22.